The lowest BCUT2D eigenvalue weighted by atomic mass is 9.93. The number of aromatic nitrogens is 1. The number of nitrogens with zero attached hydrogens (tertiary/aromatic N) is 2. The first kappa shape index (κ1) is 11.1. The van der Waals surface area contributed by atoms with Crippen molar-refractivity contribution in [2.45, 2.75) is 25.7 Å². The fourth-order valence-electron chi connectivity index (χ4n) is 2.17. The lowest BCUT2D eigenvalue weighted by Crippen LogP contribution is -2.32. The molecule has 1 fully saturated rings. The molecule has 0 N–H and O–H groups in total. The fourth-order valence-corrected chi connectivity index (χ4v) is 2.41. The van der Waals surface area contributed by atoms with Gasteiger partial charge in [-0.25, -0.2) is 0 Å². The van der Waals surface area contributed by atoms with Gasteiger partial charge in [-0.2, -0.15) is 0 Å². The van der Waals surface area contributed by atoms with Gasteiger partial charge in [-0.15, -0.1) is 0 Å². The standard InChI is InChI=1S/C12H17BrN2/c1-2-15-7-5-10(6-8-15)12-4-3-11(13)9-14-12/h3-4,9-10H,2,5-8H2,1H3. The molecule has 2 rings (SSSR count). The Labute approximate surface area is 99.8 Å². The molecular formula is C12H17BrN2. The molecular weight excluding hydrogens is 252 g/mol. The second-order valence-electron chi connectivity index (χ2n) is 4.11. The van der Waals surface area contributed by atoms with E-state index in [1.807, 2.05) is 6.20 Å². The normalized spacial score (nSPS) is 19.3. The molecule has 1 aliphatic heterocycles. The van der Waals surface area contributed by atoms with E-state index in [1.165, 1.54) is 38.2 Å². The number of halogens is 1. The summed E-state index contributed by atoms with van der Waals surface area (Å²) in [6, 6.07) is 4.24. The Morgan fingerprint density at radius 1 is 1.40 bits per heavy atom. The Bertz CT molecular complexity index is 302. The number of pyridine rings is 1. The molecule has 0 saturated carbocycles. The average molecular weight is 269 g/mol. The summed E-state index contributed by atoms with van der Waals surface area (Å²) in [5, 5.41) is 0. The van der Waals surface area contributed by atoms with Crippen molar-refractivity contribution in [2.24, 2.45) is 0 Å². The smallest absolute Gasteiger partial charge is 0.0436 e. The van der Waals surface area contributed by atoms with E-state index in [9.17, 15) is 0 Å². The molecule has 0 aromatic carbocycles. The number of hydrogen-bond donors (Lipinski definition) is 0. The maximum atomic E-state index is 4.49. The summed E-state index contributed by atoms with van der Waals surface area (Å²) in [6.07, 6.45) is 4.41. The molecule has 0 spiro atoms. The maximum Gasteiger partial charge on any atom is 0.0436 e. The van der Waals surface area contributed by atoms with Crippen LogP contribution in [0.25, 0.3) is 0 Å². The number of piperidine rings is 1. The van der Waals surface area contributed by atoms with Crippen LogP contribution in [0.4, 0.5) is 0 Å². The van der Waals surface area contributed by atoms with Crippen LogP contribution >= 0.6 is 15.9 Å². The third-order valence-corrected chi connectivity index (χ3v) is 3.67. The molecule has 2 nitrogen and oxygen atoms in total. The largest absolute Gasteiger partial charge is 0.304 e. The van der Waals surface area contributed by atoms with Gasteiger partial charge in [-0.1, -0.05) is 6.92 Å². The first-order valence-electron chi connectivity index (χ1n) is 5.63. The van der Waals surface area contributed by atoms with E-state index < -0.39 is 0 Å². The summed E-state index contributed by atoms with van der Waals surface area (Å²) in [7, 11) is 0. The van der Waals surface area contributed by atoms with Gasteiger partial charge >= 0.3 is 0 Å². The van der Waals surface area contributed by atoms with Crippen LogP contribution in [-0.4, -0.2) is 29.5 Å². The molecule has 1 aliphatic rings. The zero-order valence-corrected chi connectivity index (χ0v) is 10.7. The molecule has 15 heavy (non-hydrogen) atoms. The van der Waals surface area contributed by atoms with Gasteiger partial charge in [0.15, 0.2) is 0 Å². The predicted octanol–water partition coefficient (Wildman–Crippen LogP) is 3.04. The first-order chi connectivity index (χ1) is 7.29. The van der Waals surface area contributed by atoms with E-state index in [-0.39, 0.29) is 0 Å². The molecule has 1 aromatic rings. The van der Waals surface area contributed by atoms with Crippen molar-refractivity contribution >= 4 is 15.9 Å². The molecule has 82 valence electrons. The molecule has 0 radical (unpaired) electrons. The number of rotatable bonds is 2. The van der Waals surface area contributed by atoms with Crippen molar-refractivity contribution in [2.75, 3.05) is 19.6 Å². The van der Waals surface area contributed by atoms with E-state index in [1.54, 1.807) is 0 Å². The van der Waals surface area contributed by atoms with Gasteiger partial charge in [0, 0.05) is 22.3 Å². The van der Waals surface area contributed by atoms with Crippen LogP contribution in [0.3, 0.4) is 0 Å². The zero-order valence-electron chi connectivity index (χ0n) is 9.12. The van der Waals surface area contributed by atoms with E-state index in [2.05, 4.69) is 44.9 Å². The van der Waals surface area contributed by atoms with Crippen molar-refractivity contribution in [3.8, 4) is 0 Å². The molecule has 0 aliphatic carbocycles. The van der Waals surface area contributed by atoms with Crippen molar-refractivity contribution in [1.29, 1.82) is 0 Å². The van der Waals surface area contributed by atoms with Crippen molar-refractivity contribution < 1.29 is 0 Å². The van der Waals surface area contributed by atoms with E-state index >= 15 is 0 Å². The summed E-state index contributed by atoms with van der Waals surface area (Å²) in [6.45, 7) is 5.86. The Morgan fingerprint density at radius 2 is 2.13 bits per heavy atom. The van der Waals surface area contributed by atoms with Gasteiger partial charge in [-0.05, 0) is 60.5 Å². The lowest BCUT2D eigenvalue weighted by molar-refractivity contribution is 0.221. The Hall–Kier alpha value is -0.410. The quantitative estimate of drug-likeness (QED) is 0.820. The molecule has 0 bridgehead atoms. The van der Waals surface area contributed by atoms with Crippen molar-refractivity contribution in [1.82, 2.24) is 9.88 Å². The minimum atomic E-state index is 0.667. The highest BCUT2D eigenvalue weighted by atomic mass is 79.9. The molecule has 3 heteroatoms. The summed E-state index contributed by atoms with van der Waals surface area (Å²) >= 11 is 3.42. The number of hydrogen-bond acceptors (Lipinski definition) is 2. The SMILES string of the molecule is CCN1CCC(c2ccc(Br)cn2)CC1. The van der Waals surface area contributed by atoms with E-state index in [0.29, 0.717) is 5.92 Å². The Morgan fingerprint density at radius 3 is 2.67 bits per heavy atom. The highest BCUT2D eigenvalue weighted by Crippen LogP contribution is 2.26. The second-order valence-corrected chi connectivity index (χ2v) is 5.03. The third kappa shape index (κ3) is 2.79. The molecule has 0 atom stereocenters. The third-order valence-electron chi connectivity index (χ3n) is 3.20. The van der Waals surface area contributed by atoms with Gasteiger partial charge in [0.1, 0.15) is 0 Å². The van der Waals surface area contributed by atoms with Gasteiger partial charge in [-0.3, -0.25) is 4.98 Å². The van der Waals surface area contributed by atoms with Gasteiger partial charge in [0.2, 0.25) is 0 Å². The maximum absolute atomic E-state index is 4.49. The highest BCUT2D eigenvalue weighted by Gasteiger charge is 2.20. The summed E-state index contributed by atoms with van der Waals surface area (Å²) < 4.78 is 1.07. The molecule has 0 amide bonds. The zero-order chi connectivity index (χ0) is 10.7. The number of likely N-dealkylation sites (tertiary alicyclic amines) is 1. The fraction of sp³-hybridized carbons (Fsp3) is 0.583. The summed E-state index contributed by atoms with van der Waals surface area (Å²) in [5.74, 6) is 0.667. The van der Waals surface area contributed by atoms with Crippen molar-refractivity contribution in [3.63, 3.8) is 0 Å². The Balaban J connectivity index is 1.98. The van der Waals surface area contributed by atoms with Crippen LogP contribution in [0.5, 0.6) is 0 Å². The van der Waals surface area contributed by atoms with Crippen LogP contribution in [0.15, 0.2) is 22.8 Å². The van der Waals surface area contributed by atoms with Crippen LogP contribution in [0, 0.1) is 0 Å². The summed E-state index contributed by atoms with van der Waals surface area (Å²) in [4.78, 5) is 7.00. The molecule has 2 heterocycles. The highest BCUT2D eigenvalue weighted by molar-refractivity contribution is 9.10. The average Bonchev–Trinajstić information content (AvgIpc) is 2.30. The molecule has 0 unspecified atom stereocenters. The first-order valence-corrected chi connectivity index (χ1v) is 6.42. The van der Waals surface area contributed by atoms with Crippen LogP contribution < -0.4 is 0 Å². The monoisotopic (exact) mass is 268 g/mol. The van der Waals surface area contributed by atoms with E-state index in [4.69, 9.17) is 0 Å². The molecule has 1 saturated heterocycles. The van der Waals surface area contributed by atoms with Crippen molar-refractivity contribution in [3.05, 3.63) is 28.5 Å². The van der Waals surface area contributed by atoms with E-state index in [0.717, 1.165) is 4.47 Å². The minimum Gasteiger partial charge on any atom is -0.304 e. The van der Waals surface area contributed by atoms with Crippen LogP contribution in [0.2, 0.25) is 0 Å². The van der Waals surface area contributed by atoms with Crippen LogP contribution in [-0.2, 0) is 0 Å². The summed E-state index contributed by atoms with van der Waals surface area (Å²) in [5.41, 5.74) is 1.26. The molecule has 1 aromatic heterocycles. The second kappa shape index (κ2) is 5.08. The van der Waals surface area contributed by atoms with Gasteiger partial charge in [0.25, 0.3) is 0 Å². The Kier molecular flexibility index (Phi) is 3.76. The minimum absolute atomic E-state index is 0.667. The van der Waals surface area contributed by atoms with Gasteiger partial charge in [0.05, 0.1) is 0 Å². The van der Waals surface area contributed by atoms with Gasteiger partial charge < -0.3 is 4.90 Å². The predicted molar refractivity (Wildman–Crippen MR) is 66.0 cm³/mol. The van der Waals surface area contributed by atoms with Crippen LogP contribution in [0.1, 0.15) is 31.4 Å². The lowest BCUT2D eigenvalue weighted by Gasteiger charge is -2.30. The topological polar surface area (TPSA) is 16.1 Å².